The van der Waals surface area contributed by atoms with E-state index in [1.54, 1.807) is 29.2 Å². The predicted molar refractivity (Wildman–Crippen MR) is 74.2 cm³/mol. The van der Waals surface area contributed by atoms with E-state index in [-0.39, 0.29) is 11.8 Å². The molecule has 102 valence electrons. The van der Waals surface area contributed by atoms with Crippen molar-refractivity contribution in [2.45, 2.75) is 25.4 Å². The van der Waals surface area contributed by atoms with E-state index in [1.807, 2.05) is 6.92 Å². The smallest absolute Gasteiger partial charge is 0.253 e. The second-order valence-electron chi connectivity index (χ2n) is 5.86. The Kier molecular flexibility index (Phi) is 3.06. The Labute approximate surface area is 118 Å². The summed E-state index contributed by atoms with van der Waals surface area (Å²) >= 11 is 5.83. The van der Waals surface area contributed by atoms with E-state index in [2.05, 4.69) is 0 Å². The number of carbonyl (C=O) groups is 1. The molecule has 1 aliphatic heterocycles. The second kappa shape index (κ2) is 4.50. The van der Waals surface area contributed by atoms with Gasteiger partial charge in [-0.05, 0) is 43.0 Å². The topological polar surface area (TPSA) is 40.5 Å². The van der Waals surface area contributed by atoms with E-state index in [1.165, 1.54) is 0 Å². The number of aliphatic hydroxyl groups is 1. The van der Waals surface area contributed by atoms with Gasteiger partial charge in [-0.25, -0.2) is 0 Å². The zero-order valence-corrected chi connectivity index (χ0v) is 11.7. The fourth-order valence-corrected chi connectivity index (χ4v) is 3.19. The molecule has 2 atom stereocenters. The lowest BCUT2D eigenvalue weighted by Crippen LogP contribution is -2.40. The molecule has 0 unspecified atom stereocenters. The van der Waals surface area contributed by atoms with Gasteiger partial charge in [-0.3, -0.25) is 4.79 Å². The summed E-state index contributed by atoms with van der Waals surface area (Å²) in [5, 5.41) is 11.3. The van der Waals surface area contributed by atoms with E-state index in [4.69, 9.17) is 11.6 Å². The lowest BCUT2D eigenvalue weighted by atomic mass is 9.88. The standard InChI is InChI=1S/C15H18ClNO2/c1-10-8-17(9-15(10,19)12-4-5-12)14(18)11-2-6-13(16)7-3-11/h2-3,6-7,10,12,19H,4-5,8-9H2,1H3/t10-,15+/m1/s1. The molecule has 1 amide bonds. The van der Waals surface area contributed by atoms with Crippen LogP contribution in [0, 0.1) is 11.8 Å². The number of benzene rings is 1. The van der Waals surface area contributed by atoms with Crippen molar-refractivity contribution in [2.24, 2.45) is 11.8 Å². The van der Waals surface area contributed by atoms with Crippen molar-refractivity contribution in [2.75, 3.05) is 13.1 Å². The van der Waals surface area contributed by atoms with Crippen molar-refractivity contribution < 1.29 is 9.90 Å². The Morgan fingerprint density at radius 3 is 2.58 bits per heavy atom. The monoisotopic (exact) mass is 279 g/mol. The Bertz CT molecular complexity index is 497. The van der Waals surface area contributed by atoms with Gasteiger partial charge in [-0.2, -0.15) is 0 Å². The molecule has 2 aliphatic rings. The van der Waals surface area contributed by atoms with Crippen LogP contribution in [0.15, 0.2) is 24.3 Å². The van der Waals surface area contributed by atoms with E-state index < -0.39 is 5.60 Å². The average Bonchev–Trinajstić information content (AvgIpc) is 3.18. The molecule has 1 aliphatic carbocycles. The van der Waals surface area contributed by atoms with Crippen LogP contribution in [0.2, 0.25) is 5.02 Å². The van der Waals surface area contributed by atoms with Crippen molar-refractivity contribution in [3.63, 3.8) is 0 Å². The maximum absolute atomic E-state index is 12.4. The van der Waals surface area contributed by atoms with Crippen molar-refractivity contribution in [3.8, 4) is 0 Å². The van der Waals surface area contributed by atoms with Crippen molar-refractivity contribution in [1.82, 2.24) is 4.90 Å². The highest BCUT2D eigenvalue weighted by Crippen LogP contribution is 2.47. The molecule has 1 aromatic rings. The van der Waals surface area contributed by atoms with Crippen LogP contribution in [0.1, 0.15) is 30.1 Å². The summed E-state index contributed by atoms with van der Waals surface area (Å²) in [6.07, 6.45) is 2.17. The fraction of sp³-hybridized carbons (Fsp3) is 0.533. The van der Waals surface area contributed by atoms with Gasteiger partial charge >= 0.3 is 0 Å². The predicted octanol–water partition coefficient (Wildman–Crippen LogP) is 2.57. The van der Waals surface area contributed by atoms with Crippen LogP contribution in [-0.2, 0) is 0 Å². The minimum atomic E-state index is -0.678. The van der Waals surface area contributed by atoms with Gasteiger partial charge < -0.3 is 10.0 Å². The molecule has 3 nitrogen and oxygen atoms in total. The number of amides is 1. The molecular formula is C15H18ClNO2. The second-order valence-corrected chi connectivity index (χ2v) is 6.30. The lowest BCUT2D eigenvalue weighted by Gasteiger charge is -2.26. The molecule has 1 N–H and O–H groups in total. The number of carbonyl (C=O) groups excluding carboxylic acids is 1. The molecule has 4 heteroatoms. The zero-order valence-electron chi connectivity index (χ0n) is 11.0. The summed E-state index contributed by atoms with van der Waals surface area (Å²) in [6.45, 7) is 3.13. The van der Waals surface area contributed by atoms with E-state index >= 15 is 0 Å². The van der Waals surface area contributed by atoms with Gasteiger partial charge in [-0.1, -0.05) is 18.5 Å². The molecule has 19 heavy (non-hydrogen) atoms. The molecular weight excluding hydrogens is 262 g/mol. The molecule has 1 aromatic carbocycles. The van der Waals surface area contributed by atoms with E-state index in [9.17, 15) is 9.90 Å². The van der Waals surface area contributed by atoms with Gasteiger partial charge in [0.2, 0.25) is 0 Å². The Balaban J connectivity index is 1.77. The maximum Gasteiger partial charge on any atom is 0.253 e. The first-order valence-electron chi connectivity index (χ1n) is 6.78. The largest absolute Gasteiger partial charge is 0.387 e. The third-order valence-electron chi connectivity index (χ3n) is 4.45. The SMILES string of the molecule is C[C@@H]1CN(C(=O)c2ccc(Cl)cc2)C[C@@]1(O)C1CC1. The first-order valence-corrected chi connectivity index (χ1v) is 7.16. The minimum absolute atomic E-state index is 0.0138. The van der Waals surface area contributed by atoms with Gasteiger partial charge in [0, 0.05) is 23.0 Å². The van der Waals surface area contributed by atoms with Crippen LogP contribution in [0.5, 0.6) is 0 Å². The van der Waals surface area contributed by atoms with Crippen LogP contribution in [0.3, 0.4) is 0 Å². The third kappa shape index (κ3) is 2.26. The average molecular weight is 280 g/mol. The van der Waals surface area contributed by atoms with E-state index in [0.717, 1.165) is 12.8 Å². The molecule has 1 saturated carbocycles. The number of β-amino-alcohol motifs (C(OH)–C–C–N with tert-alkyl or cyclic N) is 1. The number of likely N-dealkylation sites (tertiary alicyclic amines) is 1. The number of halogens is 1. The third-order valence-corrected chi connectivity index (χ3v) is 4.71. The van der Waals surface area contributed by atoms with Crippen LogP contribution < -0.4 is 0 Å². The normalized spacial score (nSPS) is 30.7. The Morgan fingerprint density at radius 2 is 2.00 bits per heavy atom. The lowest BCUT2D eigenvalue weighted by molar-refractivity contribution is -0.00364. The van der Waals surface area contributed by atoms with Crippen molar-refractivity contribution in [1.29, 1.82) is 0 Å². The summed E-state index contributed by atoms with van der Waals surface area (Å²) in [6, 6.07) is 6.93. The summed E-state index contributed by atoms with van der Waals surface area (Å²) in [7, 11) is 0. The highest BCUT2D eigenvalue weighted by molar-refractivity contribution is 6.30. The van der Waals surface area contributed by atoms with Crippen LogP contribution in [0.25, 0.3) is 0 Å². The quantitative estimate of drug-likeness (QED) is 0.904. The van der Waals surface area contributed by atoms with Gasteiger partial charge in [0.25, 0.3) is 5.91 Å². The maximum atomic E-state index is 12.4. The van der Waals surface area contributed by atoms with Gasteiger partial charge in [-0.15, -0.1) is 0 Å². The zero-order chi connectivity index (χ0) is 13.6. The first kappa shape index (κ1) is 12.9. The molecule has 0 spiro atoms. The highest BCUT2D eigenvalue weighted by atomic mass is 35.5. The summed E-state index contributed by atoms with van der Waals surface area (Å²) in [5.74, 6) is 0.516. The molecule has 2 fully saturated rings. The van der Waals surface area contributed by atoms with Crippen LogP contribution in [-0.4, -0.2) is 34.6 Å². The minimum Gasteiger partial charge on any atom is -0.387 e. The number of rotatable bonds is 2. The Hall–Kier alpha value is -1.06. The molecule has 3 rings (SSSR count). The highest BCUT2D eigenvalue weighted by Gasteiger charge is 2.53. The van der Waals surface area contributed by atoms with E-state index in [0.29, 0.717) is 29.6 Å². The summed E-state index contributed by atoms with van der Waals surface area (Å²) in [5.41, 5.74) is -0.0427. The number of hydrogen-bond acceptors (Lipinski definition) is 2. The van der Waals surface area contributed by atoms with Gasteiger partial charge in [0.1, 0.15) is 0 Å². The summed E-state index contributed by atoms with van der Waals surface area (Å²) in [4.78, 5) is 14.2. The molecule has 0 aromatic heterocycles. The van der Waals surface area contributed by atoms with Gasteiger partial charge in [0.05, 0.1) is 12.1 Å². The number of nitrogens with zero attached hydrogens (tertiary/aromatic N) is 1. The van der Waals surface area contributed by atoms with Crippen LogP contribution in [0.4, 0.5) is 0 Å². The summed E-state index contributed by atoms with van der Waals surface area (Å²) < 4.78 is 0. The van der Waals surface area contributed by atoms with Crippen LogP contribution >= 0.6 is 11.6 Å². The van der Waals surface area contributed by atoms with Crippen molar-refractivity contribution >= 4 is 17.5 Å². The first-order chi connectivity index (χ1) is 9.00. The van der Waals surface area contributed by atoms with Gasteiger partial charge in [0.15, 0.2) is 0 Å². The molecule has 0 bridgehead atoms. The Morgan fingerprint density at radius 1 is 1.37 bits per heavy atom. The molecule has 0 radical (unpaired) electrons. The number of hydrogen-bond donors (Lipinski definition) is 1. The molecule has 1 heterocycles. The van der Waals surface area contributed by atoms with Crippen molar-refractivity contribution in [3.05, 3.63) is 34.9 Å². The molecule has 1 saturated heterocycles. The fourth-order valence-electron chi connectivity index (χ4n) is 3.06.